The Morgan fingerprint density at radius 3 is 3.06 bits per heavy atom. The Hall–Kier alpha value is -2.36. The lowest BCUT2D eigenvalue weighted by Gasteiger charge is -2.04. The Bertz CT molecular complexity index is 729. The van der Waals surface area contributed by atoms with Crippen LogP contribution < -0.4 is 5.32 Å². The van der Waals surface area contributed by atoms with E-state index in [0.29, 0.717) is 0 Å². The fourth-order valence-corrected chi connectivity index (χ4v) is 2.51. The molecule has 0 unspecified atom stereocenters. The van der Waals surface area contributed by atoms with Crippen LogP contribution in [0.25, 0.3) is 22.6 Å². The summed E-state index contributed by atoms with van der Waals surface area (Å²) in [5.74, 6) is 1.00. The third kappa shape index (κ3) is 1.26. The first-order chi connectivity index (χ1) is 8.93. The highest BCUT2D eigenvalue weighted by atomic mass is 15.2. The third-order valence-corrected chi connectivity index (χ3v) is 3.32. The van der Waals surface area contributed by atoms with E-state index < -0.39 is 0 Å². The van der Waals surface area contributed by atoms with Crippen molar-refractivity contribution >= 4 is 16.9 Å². The molecule has 4 rings (SSSR count). The highest BCUT2D eigenvalue weighted by molar-refractivity contribution is 5.82. The molecule has 18 heavy (non-hydrogen) atoms. The number of hydrogen-bond acceptors (Lipinski definition) is 3. The number of aromatic nitrogens is 3. The summed E-state index contributed by atoms with van der Waals surface area (Å²) in [5.41, 5.74) is 4.22. The Morgan fingerprint density at radius 1 is 1.11 bits per heavy atom. The molecule has 1 aliphatic heterocycles. The summed E-state index contributed by atoms with van der Waals surface area (Å²) in [5, 5.41) is 3.43. The lowest BCUT2D eigenvalue weighted by Crippen LogP contribution is -2.07. The minimum absolute atomic E-state index is 0.886. The average Bonchev–Trinajstić information content (AvgIpc) is 2.69. The summed E-state index contributed by atoms with van der Waals surface area (Å²) < 4.78 is 2.19. The van der Waals surface area contributed by atoms with Crippen LogP contribution in [0.1, 0.15) is 0 Å². The van der Waals surface area contributed by atoms with E-state index in [0.717, 1.165) is 41.3 Å². The molecular formula is C14H12N4. The van der Waals surface area contributed by atoms with Crippen LogP contribution in [-0.2, 0) is 6.54 Å². The molecule has 0 saturated heterocycles. The number of hydrogen-bond donors (Lipinski definition) is 1. The second-order valence-electron chi connectivity index (χ2n) is 4.41. The highest BCUT2D eigenvalue weighted by Crippen LogP contribution is 2.31. The van der Waals surface area contributed by atoms with Crippen LogP contribution >= 0.6 is 0 Å². The molecule has 0 aliphatic carbocycles. The van der Waals surface area contributed by atoms with Gasteiger partial charge in [-0.05, 0) is 24.3 Å². The Labute approximate surface area is 104 Å². The average molecular weight is 236 g/mol. The molecule has 4 nitrogen and oxygen atoms in total. The maximum absolute atomic E-state index is 4.72. The van der Waals surface area contributed by atoms with Crippen molar-refractivity contribution < 1.29 is 0 Å². The van der Waals surface area contributed by atoms with Crippen LogP contribution in [0.4, 0.5) is 5.69 Å². The second-order valence-corrected chi connectivity index (χ2v) is 4.41. The molecule has 0 amide bonds. The number of rotatable bonds is 0. The predicted octanol–water partition coefficient (Wildman–Crippen LogP) is 2.52. The molecule has 3 aromatic rings. The van der Waals surface area contributed by atoms with Crippen molar-refractivity contribution in [2.75, 3.05) is 11.9 Å². The maximum Gasteiger partial charge on any atom is 0.160 e. The van der Waals surface area contributed by atoms with Crippen LogP contribution in [0.3, 0.4) is 0 Å². The van der Waals surface area contributed by atoms with Gasteiger partial charge in [-0.15, -0.1) is 0 Å². The van der Waals surface area contributed by atoms with Crippen LogP contribution in [-0.4, -0.2) is 21.1 Å². The first-order valence-corrected chi connectivity index (χ1v) is 6.08. The molecule has 0 atom stereocenters. The maximum atomic E-state index is 4.72. The monoisotopic (exact) mass is 236 g/mol. The number of nitrogens with one attached hydrogen (secondary N) is 1. The van der Waals surface area contributed by atoms with Crippen LogP contribution in [0.5, 0.6) is 0 Å². The number of nitrogens with zero attached hydrogens (tertiary/aromatic N) is 3. The summed E-state index contributed by atoms with van der Waals surface area (Å²) in [6, 6.07) is 12.2. The molecule has 1 aromatic carbocycles. The van der Waals surface area contributed by atoms with Gasteiger partial charge in [-0.3, -0.25) is 0 Å². The normalized spacial score (nSPS) is 13.6. The molecule has 0 bridgehead atoms. The summed E-state index contributed by atoms with van der Waals surface area (Å²) in [6.45, 7) is 1.78. The molecule has 88 valence electrons. The van der Waals surface area contributed by atoms with Gasteiger partial charge in [0.15, 0.2) is 5.65 Å². The van der Waals surface area contributed by atoms with Gasteiger partial charge >= 0.3 is 0 Å². The van der Waals surface area contributed by atoms with Gasteiger partial charge < -0.3 is 9.88 Å². The first kappa shape index (κ1) is 9.65. The zero-order valence-corrected chi connectivity index (χ0v) is 9.80. The van der Waals surface area contributed by atoms with E-state index in [1.807, 2.05) is 30.5 Å². The van der Waals surface area contributed by atoms with E-state index in [4.69, 9.17) is 4.98 Å². The first-order valence-electron chi connectivity index (χ1n) is 6.08. The van der Waals surface area contributed by atoms with Gasteiger partial charge in [-0.1, -0.05) is 12.1 Å². The zero-order chi connectivity index (χ0) is 11.9. The predicted molar refractivity (Wildman–Crippen MR) is 71.5 cm³/mol. The number of fused-ring (bicyclic) bond motifs is 5. The van der Waals surface area contributed by atoms with E-state index in [-0.39, 0.29) is 0 Å². The van der Waals surface area contributed by atoms with Gasteiger partial charge in [-0.25, -0.2) is 9.97 Å². The number of anilines is 1. The number of imidazole rings is 1. The second kappa shape index (κ2) is 3.57. The Balaban J connectivity index is 2.09. The molecule has 1 aliphatic rings. The van der Waals surface area contributed by atoms with Gasteiger partial charge in [0.05, 0.1) is 0 Å². The standard InChI is InChI=1S/C14H12N4/c1-2-5-11-10(4-1)13-17-12-6-3-7-16-14(12)18(13)9-8-15-11/h1-7,15H,8-9H2. The zero-order valence-electron chi connectivity index (χ0n) is 9.80. The molecule has 0 radical (unpaired) electrons. The van der Waals surface area contributed by atoms with Gasteiger partial charge in [0.2, 0.25) is 0 Å². The fraction of sp³-hybridized carbons (Fsp3) is 0.143. The molecule has 0 fully saturated rings. The summed E-state index contributed by atoms with van der Waals surface area (Å²) in [7, 11) is 0. The molecule has 0 spiro atoms. The quantitative estimate of drug-likeness (QED) is 0.652. The van der Waals surface area contributed by atoms with Crippen molar-refractivity contribution in [2.24, 2.45) is 0 Å². The Kier molecular flexibility index (Phi) is 1.91. The SMILES string of the molecule is c1ccc2c(c1)NCCn1c-2nc2cccnc21. The molecule has 0 saturated carbocycles. The number of para-hydroxylation sites is 1. The largest absolute Gasteiger partial charge is 0.383 e. The smallest absolute Gasteiger partial charge is 0.160 e. The van der Waals surface area contributed by atoms with Crippen LogP contribution in [0.2, 0.25) is 0 Å². The van der Waals surface area contributed by atoms with Crippen molar-refractivity contribution in [3.8, 4) is 11.4 Å². The summed E-state index contributed by atoms with van der Waals surface area (Å²) in [6.07, 6.45) is 1.82. The van der Waals surface area contributed by atoms with Crippen molar-refractivity contribution in [3.63, 3.8) is 0 Å². The fourth-order valence-electron chi connectivity index (χ4n) is 2.51. The number of pyridine rings is 1. The van der Waals surface area contributed by atoms with E-state index in [9.17, 15) is 0 Å². The highest BCUT2D eigenvalue weighted by Gasteiger charge is 2.18. The third-order valence-electron chi connectivity index (χ3n) is 3.32. The molecule has 1 N–H and O–H groups in total. The Morgan fingerprint density at radius 2 is 2.06 bits per heavy atom. The summed E-state index contributed by atoms with van der Waals surface area (Å²) >= 11 is 0. The van der Waals surface area contributed by atoms with Crippen LogP contribution in [0.15, 0.2) is 42.6 Å². The van der Waals surface area contributed by atoms with Gasteiger partial charge in [0, 0.05) is 30.5 Å². The molecule has 3 heterocycles. The van der Waals surface area contributed by atoms with E-state index >= 15 is 0 Å². The van der Waals surface area contributed by atoms with Crippen molar-refractivity contribution in [2.45, 2.75) is 6.54 Å². The van der Waals surface area contributed by atoms with Gasteiger partial charge in [0.1, 0.15) is 11.3 Å². The van der Waals surface area contributed by atoms with E-state index in [2.05, 4.69) is 27.0 Å². The molecule has 2 aromatic heterocycles. The van der Waals surface area contributed by atoms with Crippen molar-refractivity contribution in [1.29, 1.82) is 0 Å². The van der Waals surface area contributed by atoms with Crippen LogP contribution in [0, 0.1) is 0 Å². The molecular weight excluding hydrogens is 224 g/mol. The topological polar surface area (TPSA) is 42.7 Å². The minimum atomic E-state index is 0.886. The van der Waals surface area contributed by atoms with Gasteiger partial charge in [0.25, 0.3) is 0 Å². The lowest BCUT2D eigenvalue weighted by atomic mass is 10.1. The molecule has 4 heteroatoms. The minimum Gasteiger partial charge on any atom is -0.383 e. The lowest BCUT2D eigenvalue weighted by molar-refractivity contribution is 0.759. The van der Waals surface area contributed by atoms with Gasteiger partial charge in [-0.2, -0.15) is 0 Å². The van der Waals surface area contributed by atoms with Crippen molar-refractivity contribution in [1.82, 2.24) is 14.5 Å². The van der Waals surface area contributed by atoms with E-state index in [1.165, 1.54) is 0 Å². The number of benzene rings is 1. The van der Waals surface area contributed by atoms with Crippen molar-refractivity contribution in [3.05, 3.63) is 42.6 Å². The summed E-state index contributed by atoms with van der Waals surface area (Å²) in [4.78, 5) is 9.16. The van der Waals surface area contributed by atoms with E-state index in [1.54, 1.807) is 0 Å².